The van der Waals surface area contributed by atoms with Gasteiger partial charge in [-0.25, -0.2) is 0 Å². The van der Waals surface area contributed by atoms with Crippen LogP contribution in [-0.4, -0.2) is 15.9 Å². The number of hydrogen-bond donors (Lipinski definition) is 1. The summed E-state index contributed by atoms with van der Waals surface area (Å²) in [4.78, 5) is 9.55. The molecule has 0 aromatic heterocycles. The van der Waals surface area contributed by atoms with E-state index in [1.165, 1.54) is 19.8 Å². The van der Waals surface area contributed by atoms with Crippen LogP contribution in [0.5, 0.6) is 0 Å². The topological polar surface area (TPSA) is 37.3 Å². The monoisotopic (exact) mass is 254 g/mol. The zero-order valence-corrected chi connectivity index (χ0v) is 4.65. The molecule has 0 atom stereocenters. The first-order valence-corrected chi connectivity index (χ1v) is 2.17. The van der Waals surface area contributed by atoms with Crippen molar-refractivity contribution in [3.8, 4) is 0 Å². The Morgan fingerprint density at radius 2 is 2.20 bits per heavy atom. The minimum atomic E-state index is -0.346. The van der Waals surface area contributed by atoms with Crippen LogP contribution in [0.3, 0.4) is 0 Å². The van der Waals surface area contributed by atoms with Crippen LogP contribution in [0.15, 0.2) is 0 Å². The Morgan fingerprint density at radius 1 is 2.00 bits per heavy atom. The Morgan fingerprint density at radius 3 is 2.20 bits per heavy atom. The van der Waals surface area contributed by atoms with Crippen LogP contribution in [0, 0.1) is 0 Å². The molecular weight excluding hydrogens is 251 g/mol. The van der Waals surface area contributed by atoms with Crippen LogP contribution in [0.4, 0.5) is 0 Å². The second-order valence-corrected chi connectivity index (χ2v) is 1.75. The molecule has 33 valence electrons. The summed E-state index contributed by atoms with van der Waals surface area (Å²) in [6.07, 6.45) is 0. The summed E-state index contributed by atoms with van der Waals surface area (Å²) in [6.45, 7) is -0.346. The van der Waals surface area contributed by atoms with Crippen LogP contribution >= 0.6 is 0 Å². The summed E-state index contributed by atoms with van der Waals surface area (Å²) >= 11 is 1.50. The van der Waals surface area contributed by atoms with Crippen molar-refractivity contribution < 1.29 is 29.7 Å². The number of carbonyl (C=O) groups excluding carboxylic acids is 1. The summed E-state index contributed by atoms with van der Waals surface area (Å²) in [5, 5.41) is 7.79. The third-order valence-electron chi connectivity index (χ3n) is 0.115. The molecule has 0 bridgehead atoms. The fraction of sp³-hybridized carbons (Fsp3) is 0.500. The molecular formula is C2H3O2Pt. The molecule has 0 unspecified atom stereocenters. The molecule has 0 aliphatic heterocycles. The predicted molar refractivity (Wildman–Crippen MR) is 12.1 cm³/mol. The number of aliphatic hydroxyl groups excluding tert-OH is 1. The number of hydrogen-bond acceptors (Lipinski definition) is 2. The Kier molecular flexibility index (Phi) is 2.71. The quantitative estimate of drug-likeness (QED) is 0.655. The second kappa shape index (κ2) is 2.55. The minimum absolute atomic E-state index is 0.218. The average molecular weight is 254 g/mol. The molecule has 5 heavy (non-hydrogen) atoms. The van der Waals surface area contributed by atoms with Gasteiger partial charge in [-0.3, -0.25) is 0 Å². The van der Waals surface area contributed by atoms with Gasteiger partial charge in [0.25, 0.3) is 0 Å². The van der Waals surface area contributed by atoms with Crippen LogP contribution in [-0.2, 0) is 24.6 Å². The van der Waals surface area contributed by atoms with Gasteiger partial charge >= 0.3 is 40.5 Å². The van der Waals surface area contributed by atoms with E-state index in [2.05, 4.69) is 0 Å². The molecule has 0 aromatic rings. The molecule has 2 nitrogen and oxygen atoms in total. The van der Waals surface area contributed by atoms with Gasteiger partial charge in [0.1, 0.15) is 0 Å². The van der Waals surface area contributed by atoms with E-state index in [0.717, 1.165) is 0 Å². The van der Waals surface area contributed by atoms with Gasteiger partial charge in [0.05, 0.1) is 0 Å². The van der Waals surface area contributed by atoms with Crippen molar-refractivity contribution in [2.24, 2.45) is 0 Å². The van der Waals surface area contributed by atoms with Gasteiger partial charge in [0.15, 0.2) is 0 Å². The molecule has 0 amide bonds. The Hall–Kier alpha value is 0.318. The predicted octanol–water partition coefficient (Wildman–Crippen LogP) is -0.948. The van der Waals surface area contributed by atoms with E-state index in [-0.39, 0.29) is 10.8 Å². The third-order valence-corrected chi connectivity index (χ3v) is 0.474. The number of aliphatic hydroxyl groups is 1. The maximum atomic E-state index is 9.55. The van der Waals surface area contributed by atoms with Crippen molar-refractivity contribution in [1.82, 2.24) is 0 Å². The van der Waals surface area contributed by atoms with E-state index in [4.69, 9.17) is 5.11 Å². The molecule has 0 radical (unpaired) electrons. The van der Waals surface area contributed by atoms with Crippen LogP contribution in [0.25, 0.3) is 0 Å². The van der Waals surface area contributed by atoms with E-state index in [1.807, 2.05) is 0 Å². The summed E-state index contributed by atoms with van der Waals surface area (Å²) in [7, 11) is 0. The fourth-order valence-electron chi connectivity index (χ4n) is 0. The molecule has 0 aromatic carbocycles. The molecule has 0 aliphatic rings. The van der Waals surface area contributed by atoms with Crippen molar-refractivity contribution in [2.75, 3.05) is 6.61 Å². The first-order chi connectivity index (χ1) is 2.27. The van der Waals surface area contributed by atoms with Crippen molar-refractivity contribution in [3.05, 3.63) is 0 Å². The van der Waals surface area contributed by atoms with E-state index < -0.39 is 0 Å². The standard InChI is InChI=1S/C2H3O2.Pt/c3-1-2-4;/h3H,1H2;. The Labute approximate surface area is 41.1 Å². The average Bonchev–Trinajstić information content (AvgIpc) is 1.38. The maximum absolute atomic E-state index is 9.55. The summed E-state index contributed by atoms with van der Waals surface area (Å²) in [5.41, 5.74) is 0. The van der Waals surface area contributed by atoms with Gasteiger partial charge in [0.2, 0.25) is 0 Å². The van der Waals surface area contributed by atoms with Crippen molar-refractivity contribution in [3.63, 3.8) is 0 Å². The molecule has 1 N–H and O–H groups in total. The summed E-state index contributed by atoms with van der Waals surface area (Å²) in [6, 6.07) is 0. The second-order valence-electron chi connectivity index (χ2n) is 0.479. The van der Waals surface area contributed by atoms with Crippen molar-refractivity contribution >= 4 is 4.17 Å². The third kappa shape index (κ3) is 4.32. The van der Waals surface area contributed by atoms with E-state index in [9.17, 15) is 4.79 Å². The molecule has 3 heteroatoms. The zero-order chi connectivity index (χ0) is 4.28. The van der Waals surface area contributed by atoms with Gasteiger partial charge in [-0.05, 0) is 0 Å². The normalized spacial score (nSPS) is 7.80. The van der Waals surface area contributed by atoms with Gasteiger partial charge in [0, 0.05) is 0 Å². The SMILES string of the molecule is O=[C]([Pt])CO. The van der Waals surface area contributed by atoms with E-state index in [0.29, 0.717) is 0 Å². The molecule has 0 spiro atoms. The first kappa shape index (κ1) is 5.32. The number of carbonyl (C=O) groups is 1. The Bertz CT molecular complexity index is 42.9. The molecule has 0 fully saturated rings. The first-order valence-electron chi connectivity index (χ1n) is 1.03. The summed E-state index contributed by atoms with van der Waals surface area (Å²) in [5.74, 6) is 0. The van der Waals surface area contributed by atoms with Gasteiger partial charge in [-0.1, -0.05) is 0 Å². The van der Waals surface area contributed by atoms with Crippen molar-refractivity contribution in [2.45, 2.75) is 0 Å². The molecule has 0 heterocycles. The van der Waals surface area contributed by atoms with Crippen LogP contribution in [0.2, 0.25) is 0 Å². The molecule has 0 rings (SSSR count). The van der Waals surface area contributed by atoms with E-state index in [1.54, 1.807) is 0 Å². The molecule has 0 saturated heterocycles. The van der Waals surface area contributed by atoms with Crippen LogP contribution in [0.1, 0.15) is 0 Å². The molecule has 0 saturated carbocycles. The number of rotatable bonds is 1. The molecule has 0 aliphatic carbocycles. The van der Waals surface area contributed by atoms with E-state index >= 15 is 0 Å². The Balaban J connectivity index is 2.85. The van der Waals surface area contributed by atoms with Gasteiger partial charge in [-0.2, -0.15) is 0 Å². The van der Waals surface area contributed by atoms with Gasteiger partial charge < -0.3 is 0 Å². The van der Waals surface area contributed by atoms with Crippen LogP contribution < -0.4 is 0 Å². The zero-order valence-electron chi connectivity index (χ0n) is 2.38. The van der Waals surface area contributed by atoms with Gasteiger partial charge in [-0.15, -0.1) is 0 Å². The fourth-order valence-corrected chi connectivity index (χ4v) is 0. The summed E-state index contributed by atoms with van der Waals surface area (Å²) < 4.78 is -0.218. The van der Waals surface area contributed by atoms with Crippen molar-refractivity contribution in [1.29, 1.82) is 0 Å².